The number of para-hydroxylation sites is 2. The fraction of sp³-hybridized carbons (Fsp3) is 0.100. The number of aromatic nitrogens is 2. The predicted molar refractivity (Wildman–Crippen MR) is 180 cm³/mol. The summed E-state index contributed by atoms with van der Waals surface area (Å²) >= 11 is 0. The first-order chi connectivity index (χ1) is 20.5. The fourth-order valence-corrected chi connectivity index (χ4v) is 6.93. The highest BCUT2D eigenvalue weighted by Gasteiger charge is 2.17. The van der Waals surface area contributed by atoms with E-state index >= 15 is 0 Å². The van der Waals surface area contributed by atoms with E-state index in [-0.39, 0.29) is 0 Å². The Bertz CT molecular complexity index is 2180. The van der Waals surface area contributed by atoms with Crippen molar-refractivity contribution in [2.45, 2.75) is 27.7 Å². The molecule has 0 radical (unpaired) electrons. The van der Waals surface area contributed by atoms with E-state index in [2.05, 4.69) is 158 Å². The second kappa shape index (κ2) is 9.22. The van der Waals surface area contributed by atoms with Gasteiger partial charge >= 0.3 is 0 Å². The number of fused-ring (bicyclic) bond motifs is 6. The van der Waals surface area contributed by atoms with Gasteiger partial charge in [-0.05, 0) is 86.3 Å². The van der Waals surface area contributed by atoms with Crippen LogP contribution >= 0.6 is 0 Å². The van der Waals surface area contributed by atoms with Gasteiger partial charge in [0.2, 0.25) is 0 Å². The Balaban J connectivity index is 1.40. The van der Waals surface area contributed by atoms with E-state index in [0.29, 0.717) is 0 Å². The zero-order valence-corrected chi connectivity index (χ0v) is 24.4. The quantitative estimate of drug-likeness (QED) is 0.211. The van der Waals surface area contributed by atoms with Gasteiger partial charge in [-0.3, -0.25) is 0 Å². The van der Waals surface area contributed by atoms with Crippen LogP contribution in [0, 0.1) is 27.7 Å². The molecule has 0 aliphatic rings. The molecule has 0 saturated carbocycles. The Morgan fingerprint density at radius 3 is 1.19 bits per heavy atom. The second-order valence-corrected chi connectivity index (χ2v) is 11.7. The molecule has 42 heavy (non-hydrogen) atoms. The van der Waals surface area contributed by atoms with Gasteiger partial charge in [-0.15, -0.1) is 0 Å². The Hall–Kier alpha value is -5.08. The maximum atomic E-state index is 2.44. The molecular formula is C40H32N2. The van der Waals surface area contributed by atoms with Gasteiger partial charge < -0.3 is 9.13 Å². The number of aryl methyl sites for hydroxylation is 4. The summed E-state index contributed by atoms with van der Waals surface area (Å²) in [5, 5.41) is 5.12. The lowest BCUT2D eigenvalue weighted by molar-refractivity contribution is 1.14. The number of hydrogen-bond acceptors (Lipinski definition) is 0. The van der Waals surface area contributed by atoms with Crippen LogP contribution in [0.4, 0.5) is 0 Å². The first kappa shape index (κ1) is 24.7. The van der Waals surface area contributed by atoms with Gasteiger partial charge in [-0.2, -0.15) is 0 Å². The lowest BCUT2D eigenvalue weighted by Crippen LogP contribution is -1.98. The Morgan fingerprint density at radius 2 is 0.762 bits per heavy atom. The van der Waals surface area contributed by atoms with E-state index in [4.69, 9.17) is 0 Å². The van der Waals surface area contributed by atoms with Crippen molar-refractivity contribution in [2.24, 2.45) is 0 Å². The molecule has 2 aromatic heterocycles. The molecule has 6 aromatic carbocycles. The van der Waals surface area contributed by atoms with Crippen LogP contribution in [0.25, 0.3) is 66.1 Å². The molecule has 2 heteroatoms. The highest BCUT2D eigenvalue weighted by Crippen LogP contribution is 2.38. The lowest BCUT2D eigenvalue weighted by Gasteiger charge is -2.13. The SMILES string of the molecule is Cc1ccc(-n2c3ccccc3c3ccc(-c4ccc5c6ccccc6n(-c6ccc(C)cc6C)c5c4)cc32)c(C)c1. The van der Waals surface area contributed by atoms with Crippen molar-refractivity contribution >= 4 is 43.6 Å². The summed E-state index contributed by atoms with van der Waals surface area (Å²) in [7, 11) is 0. The zero-order chi connectivity index (χ0) is 28.5. The van der Waals surface area contributed by atoms with E-state index < -0.39 is 0 Å². The third kappa shape index (κ3) is 3.65. The first-order valence-electron chi connectivity index (χ1n) is 14.7. The fourth-order valence-electron chi connectivity index (χ4n) is 6.93. The van der Waals surface area contributed by atoms with Gasteiger partial charge in [0.15, 0.2) is 0 Å². The number of hydrogen-bond donors (Lipinski definition) is 0. The third-order valence-corrected chi connectivity index (χ3v) is 8.87. The molecule has 8 rings (SSSR count). The zero-order valence-electron chi connectivity index (χ0n) is 24.4. The molecule has 0 aliphatic carbocycles. The minimum atomic E-state index is 1.22. The standard InChI is InChI=1S/C40H32N2/c1-25-13-19-35(27(3)21-25)41-37-11-7-5-9-31(37)33-17-15-29(23-39(33)41)30-16-18-34-32-10-6-8-12-38(32)42(40(34)24-30)36-20-14-26(2)22-28(36)4/h5-24H,1-4H3. The smallest absolute Gasteiger partial charge is 0.0547 e. The number of benzene rings is 6. The van der Waals surface area contributed by atoms with E-state index in [1.165, 1.54) is 88.4 Å². The molecule has 0 spiro atoms. The van der Waals surface area contributed by atoms with Crippen LogP contribution in [-0.4, -0.2) is 9.13 Å². The minimum absolute atomic E-state index is 1.22. The van der Waals surface area contributed by atoms with E-state index in [1.54, 1.807) is 0 Å². The molecule has 0 atom stereocenters. The third-order valence-electron chi connectivity index (χ3n) is 8.87. The van der Waals surface area contributed by atoms with Crippen LogP contribution in [0.15, 0.2) is 121 Å². The molecule has 0 unspecified atom stereocenters. The van der Waals surface area contributed by atoms with E-state index in [9.17, 15) is 0 Å². The number of rotatable bonds is 3. The molecule has 2 heterocycles. The average molecular weight is 541 g/mol. The highest BCUT2D eigenvalue weighted by atomic mass is 15.0. The predicted octanol–water partition coefficient (Wildman–Crippen LogP) is 10.8. The largest absolute Gasteiger partial charge is 0.309 e. The lowest BCUT2D eigenvalue weighted by atomic mass is 10.0. The maximum Gasteiger partial charge on any atom is 0.0547 e. The summed E-state index contributed by atoms with van der Waals surface area (Å²) in [5.74, 6) is 0. The topological polar surface area (TPSA) is 9.86 Å². The van der Waals surface area contributed by atoms with Crippen LogP contribution in [0.5, 0.6) is 0 Å². The molecular weight excluding hydrogens is 508 g/mol. The first-order valence-corrected chi connectivity index (χ1v) is 14.7. The van der Waals surface area contributed by atoms with Crippen molar-refractivity contribution in [3.05, 3.63) is 144 Å². The maximum absolute atomic E-state index is 2.44. The Labute approximate surface area is 246 Å². The molecule has 8 aromatic rings. The molecule has 202 valence electrons. The van der Waals surface area contributed by atoms with Crippen molar-refractivity contribution in [3.8, 4) is 22.5 Å². The summed E-state index contributed by atoms with van der Waals surface area (Å²) in [6.45, 7) is 8.75. The summed E-state index contributed by atoms with van der Waals surface area (Å²) in [6.07, 6.45) is 0. The molecule has 0 amide bonds. The number of nitrogens with zero attached hydrogens (tertiary/aromatic N) is 2. The van der Waals surface area contributed by atoms with Crippen LogP contribution in [0.2, 0.25) is 0 Å². The molecule has 0 aliphatic heterocycles. The van der Waals surface area contributed by atoms with Crippen molar-refractivity contribution in [1.29, 1.82) is 0 Å². The van der Waals surface area contributed by atoms with Crippen molar-refractivity contribution < 1.29 is 0 Å². The molecule has 0 saturated heterocycles. The van der Waals surface area contributed by atoms with Crippen LogP contribution < -0.4 is 0 Å². The molecule has 0 N–H and O–H groups in total. The second-order valence-electron chi connectivity index (χ2n) is 11.7. The Kier molecular flexibility index (Phi) is 5.42. The summed E-state index contributed by atoms with van der Waals surface area (Å²) in [5.41, 5.74) is 15.0. The van der Waals surface area contributed by atoms with Gasteiger partial charge in [0, 0.05) is 32.9 Å². The minimum Gasteiger partial charge on any atom is -0.309 e. The van der Waals surface area contributed by atoms with Crippen LogP contribution in [0.3, 0.4) is 0 Å². The van der Waals surface area contributed by atoms with Crippen molar-refractivity contribution in [3.63, 3.8) is 0 Å². The van der Waals surface area contributed by atoms with Crippen LogP contribution in [-0.2, 0) is 0 Å². The summed E-state index contributed by atoms with van der Waals surface area (Å²) in [4.78, 5) is 0. The van der Waals surface area contributed by atoms with E-state index in [1.807, 2.05) is 0 Å². The van der Waals surface area contributed by atoms with Gasteiger partial charge in [0.25, 0.3) is 0 Å². The molecule has 2 nitrogen and oxygen atoms in total. The van der Waals surface area contributed by atoms with Crippen LogP contribution in [0.1, 0.15) is 22.3 Å². The molecule has 0 bridgehead atoms. The normalized spacial score (nSPS) is 11.8. The van der Waals surface area contributed by atoms with Gasteiger partial charge in [-0.1, -0.05) is 96.1 Å². The average Bonchev–Trinajstić information content (AvgIpc) is 3.49. The van der Waals surface area contributed by atoms with Gasteiger partial charge in [-0.25, -0.2) is 0 Å². The van der Waals surface area contributed by atoms with Crippen molar-refractivity contribution in [1.82, 2.24) is 9.13 Å². The molecule has 0 fully saturated rings. The highest BCUT2D eigenvalue weighted by molar-refractivity contribution is 6.12. The Morgan fingerprint density at radius 1 is 0.357 bits per heavy atom. The van der Waals surface area contributed by atoms with Gasteiger partial charge in [0.1, 0.15) is 0 Å². The van der Waals surface area contributed by atoms with E-state index in [0.717, 1.165) is 0 Å². The van der Waals surface area contributed by atoms with Gasteiger partial charge in [0.05, 0.1) is 22.1 Å². The monoisotopic (exact) mass is 540 g/mol. The summed E-state index contributed by atoms with van der Waals surface area (Å²) in [6, 6.07) is 45.0. The summed E-state index contributed by atoms with van der Waals surface area (Å²) < 4.78 is 4.88. The van der Waals surface area contributed by atoms with Crippen molar-refractivity contribution in [2.75, 3.05) is 0 Å².